The SMILES string of the molecule is CC(=O)NC(C)(Cc1ccc(F)cc1)C(=O)O. The Morgan fingerprint density at radius 1 is 1.35 bits per heavy atom. The van der Waals surface area contributed by atoms with Gasteiger partial charge in [0.05, 0.1) is 0 Å². The van der Waals surface area contributed by atoms with Gasteiger partial charge in [-0.2, -0.15) is 0 Å². The number of rotatable bonds is 4. The molecule has 0 saturated carbocycles. The topological polar surface area (TPSA) is 66.4 Å². The molecule has 0 aromatic heterocycles. The molecular weight excluding hydrogens is 225 g/mol. The second-order valence-electron chi connectivity index (χ2n) is 4.12. The molecule has 0 radical (unpaired) electrons. The van der Waals surface area contributed by atoms with Crippen molar-refractivity contribution in [1.82, 2.24) is 5.32 Å². The number of carbonyl (C=O) groups excluding carboxylic acids is 1. The van der Waals surface area contributed by atoms with Crippen molar-refractivity contribution in [2.75, 3.05) is 0 Å². The molecule has 5 heteroatoms. The van der Waals surface area contributed by atoms with Crippen molar-refractivity contribution in [1.29, 1.82) is 0 Å². The standard InChI is InChI=1S/C12H14FNO3/c1-8(15)14-12(2,11(16)17)7-9-3-5-10(13)6-4-9/h3-6H,7H2,1-2H3,(H,14,15)(H,16,17). The summed E-state index contributed by atoms with van der Waals surface area (Å²) in [6.07, 6.45) is 0.0994. The molecule has 2 N–H and O–H groups in total. The molecule has 92 valence electrons. The first-order valence-electron chi connectivity index (χ1n) is 5.10. The minimum Gasteiger partial charge on any atom is -0.480 e. The van der Waals surface area contributed by atoms with Crippen LogP contribution in [0.5, 0.6) is 0 Å². The maximum Gasteiger partial charge on any atom is 0.329 e. The van der Waals surface area contributed by atoms with Crippen LogP contribution in [-0.4, -0.2) is 22.5 Å². The van der Waals surface area contributed by atoms with Crippen molar-refractivity contribution in [3.8, 4) is 0 Å². The lowest BCUT2D eigenvalue weighted by Gasteiger charge is -2.25. The van der Waals surface area contributed by atoms with Gasteiger partial charge >= 0.3 is 5.97 Å². The van der Waals surface area contributed by atoms with E-state index in [2.05, 4.69) is 5.32 Å². The van der Waals surface area contributed by atoms with Crippen LogP contribution in [-0.2, 0) is 16.0 Å². The second-order valence-corrected chi connectivity index (χ2v) is 4.12. The molecule has 1 aromatic carbocycles. The van der Waals surface area contributed by atoms with E-state index in [4.69, 9.17) is 5.11 Å². The number of carbonyl (C=O) groups is 2. The number of nitrogens with one attached hydrogen (secondary N) is 1. The molecule has 1 amide bonds. The fourth-order valence-electron chi connectivity index (χ4n) is 1.57. The van der Waals surface area contributed by atoms with E-state index in [-0.39, 0.29) is 12.2 Å². The zero-order chi connectivity index (χ0) is 13.1. The van der Waals surface area contributed by atoms with Crippen LogP contribution < -0.4 is 5.32 Å². The van der Waals surface area contributed by atoms with Crippen LogP contribution in [0.2, 0.25) is 0 Å². The van der Waals surface area contributed by atoms with Gasteiger partial charge in [0.1, 0.15) is 11.4 Å². The fourth-order valence-corrected chi connectivity index (χ4v) is 1.57. The molecule has 0 aliphatic carbocycles. The number of halogens is 1. The second kappa shape index (κ2) is 4.95. The highest BCUT2D eigenvalue weighted by Crippen LogP contribution is 2.14. The number of benzene rings is 1. The first-order chi connectivity index (χ1) is 7.83. The summed E-state index contributed by atoms with van der Waals surface area (Å²) < 4.78 is 12.7. The van der Waals surface area contributed by atoms with Crippen LogP contribution in [0.4, 0.5) is 4.39 Å². The summed E-state index contributed by atoms with van der Waals surface area (Å²) >= 11 is 0. The molecule has 17 heavy (non-hydrogen) atoms. The molecule has 4 nitrogen and oxygen atoms in total. The predicted octanol–water partition coefficient (Wildman–Crippen LogP) is 1.35. The van der Waals surface area contributed by atoms with Gasteiger partial charge in [-0.05, 0) is 24.6 Å². The van der Waals surface area contributed by atoms with E-state index in [0.717, 1.165) is 0 Å². The third-order valence-electron chi connectivity index (χ3n) is 2.39. The van der Waals surface area contributed by atoms with Crippen LogP contribution in [0, 0.1) is 5.82 Å². The highest BCUT2D eigenvalue weighted by Gasteiger charge is 2.34. The molecule has 1 atom stereocenters. The summed E-state index contributed by atoms with van der Waals surface area (Å²) in [5.41, 5.74) is -0.742. The van der Waals surface area contributed by atoms with E-state index in [1.165, 1.54) is 38.1 Å². The summed E-state index contributed by atoms with van der Waals surface area (Å²) in [4.78, 5) is 22.1. The Kier molecular flexibility index (Phi) is 3.83. The van der Waals surface area contributed by atoms with Gasteiger partial charge in [0.25, 0.3) is 0 Å². The lowest BCUT2D eigenvalue weighted by atomic mass is 9.93. The fraction of sp³-hybridized carbons (Fsp3) is 0.333. The van der Waals surface area contributed by atoms with Gasteiger partial charge in [-0.1, -0.05) is 12.1 Å². The molecule has 0 aliphatic rings. The van der Waals surface area contributed by atoms with E-state index >= 15 is 0 Å². The summed E-state index contributed by atoms with van der Waals surface area (Å²) in [7, 11) is 0. The van der Waals surface area contributed by atoms with Gasteiger partial charge in [-0.15, -0.1) is 0 Å². The first kappa shape index (κ1) is 13.2. The molecule has 0 saturated heterocycles. The van der Waals surface area contributed by atoms with Gasteiger partial charge in [-0.25, -0.2) is 9.18 Å². The van der Waals surface area contributed by atoms with Crippen molar-refractivity contribution in [2.45, 2.75) is 25.8 Å². The van der Waals surface area contributed by atoms with E-state index in [9.17, 15) is 14.0 Å². The Bertz CT molecular complexity index is 430. The number of aliphatic carboxylic acids is 1. The zero-order valence-corrected chi connectivity index (χ0v) is 9.66. The van der Waals surface area contributed by atoms with Crippen molar-refractivity contribution < 1.29 is 19.1 Å². The van der Waals surface area contributed by atoms with Crippen molar-refractivity contribution in [3.63, 3.8) is 0 Å². The maximum atomic E-state index is 12.7. The molecule has 0 bridgehead atoms. The molecular formula is C12H14FNO3. The number of carboxylic acids is 1. The van der Waals surface area contributed by atoms with Crippen LogP contribution in [0.3, 0.4) is 0 Å². The normalized spacial score (nSPS) is 13.8. The van der Waals surface area contributed by atoms with Crippen LogP contribution >= 0.6 is 0 Å². The summed E-state index contributed by atoms with van der Waals surface area (Å²) in [6.45, 7) is 2.67. The average Bonchev–Trinajstić information content (AvgIpc) is 2.20. The third kappa shape index (κ3) is 3.55. The van der Waals surface area contributed by atoms with E-state index in [1.807, 2.05) is 0 Å². The van der Waals surface area contributed by atoms with Gasteiger partial charge in [0.15, 0.2) is 0 Å². The Balaban J connectivity index is 2.90. The largest absolute Gasteiger partial charge is 0.480 e. The van der Waals surface area contributed by atoms with E-state index in [1.54, 1.807) is 0 Å². The van der Waals surface area contributed by atoms with E-state index in [0.29, 0.717) is 5.56 Å². The Hall–Kier alpha value is -1.91. The van der Waals surface area contributed by atoms with Gasteiger partial charge in [0, 0.05) is 13.3 Å². The molecule has 0 spiro atoms. The van der Waals surface area contributed by atoms with Gasteiger partial charge < -0.3 is 10.4 Å². The third-order valence-corrected chi connectivity index (χ3v) is 2.39. The van der Waals surface area contributed by atoms with Crippen molar-refractivity contribution >= 4 is 11.9 Å². The highest BCUT2D eigenvalue weighted by atomic mass is 19.1. The molecule has 1 unspecified atom stereocenters. The smallest absolute Gasteiger partial charge is 0.329 e. The van der Waals surface area contributed by atoms with Crippen LogP contribution in [0.1, 0.15) is 19.4 Å². The van der Waals surface area contributed by atoms with Crippen LogP contribution in [0.15, 0.2) is 24.3 Å². The number of carboxylic acid groups (broad SMARTS) is 1. The highest BCUT2D eigenvalue weighted by molar-refractivity contribution is 5.85. The number of amides is 1. The van der Waals surface area contributed by atoms with E-state index < -0.39 is 17.4 Å². The summed E-state index contributed by atoms with van der Waals surface area (Å²) in [5.74, 6) is -1.93. The first-order valence-corrected chi connectivity index (χ1v) is 5.10. The molecule has 0 fully saturated rings. The van der Waals surface area contributed by atoms with Crippen molar-refractivity contribution in [2.24, 2.45) is 0 Å². The number of hydrogen-bond donors (Lipinski definition) is 2. The summed E-state index contributed by atoms with van der Waals surface area (Å²) in [5, 5.41) is 11.5. The van der Waals surface area contributed by atoms with Crippen LogP contribution in [0.25, 0.3) is 0 Å². The molecule has 1 rings (SSSR count). The monoisotopic (exact) mass is 239 g/mol. The zero-order valence-electron chi connectivity index (χ0n) is 9.66. The predicted molar refractivity (Wildman–Crippen MR) is 60.0 cm³/mol. The lowest BCUT2D eigenvalue weighted by Crippen LogP contribution is -2.53. The van der Waals surface area contributed by atoms with Gasteiger partial charge in [-0.3, -0.25) is 4.79 Å². The van der Waals surface area contributed by atoms with Gasteiger partial charge in [0.2, 0.25) is 5.91 Å². The molecule has 1 aromatic rings. The summed E-state index contributed by atoms with van der Waals surface area (Å²) in [6, 6.07) is 5.51. The number of hydrogen-bond acceptors (Lipinski definition) is 2. The minimum absolute atomic E-state index is 0.0994. The quantitative estimate of drug-likeness (QED) is 0.833. The Morgan fingerprint density at radius 2 is 1.88 bits per heavy atom. The maximum absolute atomic E-state index is 12.7. The lowest BCUT2D eigenvalue weighted by molar-refractivity contribution is -0.146. The Labute approximate surface area is 98.5 Å². The van der Waals surface area contributed by atoms with Crippen molar-refractivity contribution in [3.05, 3.63) is 35.6 Å². The molecule has 0 heterocycles. The molecule has 0 aliphatic heterocycles. The minimum atomic E-state index is -1.39. The average molecular weight is 239 g/mol. The Morgan fingerprint density at radius 3 is 2.29 bits per heavy atom.